The van der Waals surface area contributed by atoms with Gasteiger partial charge in [0.1, 0.15) is 11.8 Å². The van der Waals surface area contributed by atoms with Crippen LogP contribution in [0.25, 0.3) is 0 Å². The second-order valence-corrected chi connectivity index (χ2v) is 4.56. The van der Waals surface area contributed by atoms with E-state index in [2.05, 4.69) is 5.32 Å². The lowest BCUT2D eigenvalue weighted by molar-refractivity contribution is -0.139. The highest BCUT2D eigenvalue weighted by Gasteiger charge is 2.21. The number of urea groups is 1. The fourth-order valence-electron chi connectivity index (χ4n) is 1.76. The Balaban J connectivity index is 2.63. The maximum absolute atomic E-state index is 11.9. The zero-order valence-electron chi connectivity index (χ0n) is 12.1. The molecular weight excluding hydrogens is 276 g/mol. The van der Waals surface area contributed by atoms with Crippen LogP contribution in [0.3, 0.4) is 0 Å². The summed E-state index contributed by atoms with van der Waals surface area (Å²) in [5, 5.41) is 20.1. The minimum absolute atomic E-state index is 0.0337. The number of carbonyl (C=O) groups is 2. The van der Waals surface area contributed by atoms with Crippen LogP contribution >= 0.6 is 0 Å². The second kappa shape index (κ2) is 8.11. The van der Waals surface area contributed by atoms with Crippen LogP contribution in [-0.2, 0) is 11.3 Å². The molecular formula is C14H20N2O5. The fourth-order valence-corrected chi connectivity index (χ4v) is 1.76. The van der Waals surface area contributed by atoms with Crippen LogP contribution in [-0.4, -0.2) is 53.9 Å². The molecule has 1 atom stereocenters. The Morgan fingerprint density at radius 2 is 2.14 bits per heavy atom. The zero-order valence-corrected chi connectivity index (χ0v) is 12.1. The minimum Gasteiger partial charge on any atom is -0.497 e. The molecule has 0 bridgehead atoms. The lowest BCUT2D eigenvalue weighted by atomic mass is 10.2. The second-order valence-electron chi connectivity index (χ2n) is 4.56. The van der Waals surface area contributed by atoms with E-state index >= 15 is 0 Å². The van der Waals surface area contributed by atoms with Gasteiger partial charge in [0.25, 0.3) is 0 Å². The molecule has 0 radical (unpaired) electrons. The van der Waals surface area contributed by atoms with Gasteiger partial charge in [-0.15, -0.1) is 0 Å². The molecule has 0 aliphatic rings. The summed E-state index contributed by atoms with van der Waals surface area (Å²) in [4.78, 5) is 24.2. The van der Waals surface area contributed by atoms with Crippen molar-refractivity contribution in [1.29, 1.82) is 0 Å². The van der Waals surface area contributed by atoms with Gasteiger partial charge in [-0.05, 0) is 17.7 Å². The van der Waals surface area contributed by atoms with Crippen LogP contribution in [0.5, 0.6) is 5.75 Å². The van der Waals surface area contributed by atoms with E-state index in [0.717, 1.165) is 5.56 Å². The SMILES string of the molecule is COc1cccc(CN(C)C(=O)N[C@H](CCO)C(=O)O)c1. The molecule has 0 aliphatic heterocycles. The van der Waals surface area contributed by atoms with E-state index in [1.807, 2.05) is 12.1 Å². The summed E-state index contributed by atoms with van der Waals surface area (Å²) in [6.07, 6.45) is -0.0337. The first kappa shape index (κ1) is 16.8. The smallest absolute Gasteiger partial charge is 0.326 e. The van der Waals surface area contributed by atoms with Gasteiger partial charge in [-0.1, -0.05) is 12.1 Å². The van der Waals surface area contributed by atoms with Crippen molar-refractivity contribution in [2.75, 3.05) is 20.8 Å². The van der Waals surface area contributed by atoms with Gasteiger partial charge in [0.15, 0.2) is 0 Å². The zero-order chi connectivity index (χ0) is 15.8. The molecule has 0 aromatic heterocycles. The third-order valence-electron chi connectivity index (χ3n) is 2.91. The van der Waals surface area contributed by atoms with Crippen molar-refractivity contribution in [3.05, 3.63) is 29.8 Å². The van der Waals surface area contributed by atoms with Crippen molar-refractivity contribution in [3.8, 4) is 5.75 Å². The Labute approximate surface area is 123 Å². The van der Waals surface area contributed by atoms with E-state index in [1.165, 1.54) is 4.90 Å². The van der Waals surface area contributed by atoms with Crippen LogP contribution in [0.4, 0.5) is 4.79 Å². The summed E-state index contributed by atoms with van der Waals surface area (Å²) in [5.41, 5.74) is 0.862. The van der Waals surface area contributed by atoms with Crippen molar-refractivity contribution in [3.63, 3.8) is 0 Å². The summed E-state index contributed by atoms with van der Waals surface area (Å²) < 4.78 is 5.10. The largest absolute Gasteiger partial charge is 0.497 e. The van der Waals surface area contributed by atoms with Crippen LogP contribution < -0.4 is 10.1 Å². The molecule has 0 unspecified atom stereocenters. The van der Waals surface area contributed by atoms with Crippen molar-refractivity contribution in [1.82, 2.24) is 10.2 Å². The Morgan fingerprint density at radius 1 is 1.43 bits per heavy atom. The van der Waals surface area contributed by atoms with E-state index in [9.17, 15) is 9.59 Å². The highest BCUT2D eigenvalue weighted by molar-refractivity contribution is 5.82. The van der Waals surface area contributed by atoms with Gasteiger partial charge < -0.3 is 25.2 Å². The number of amides is 2. The molecule has 0 aliphatic carbocycles. The average Bonchev–Trinajstić information content (AvgIpc) is 2.46. The summed E-state index contributed by atoms with van der Waals surface area (Å²) in [7, 11) is 3.12. The summed E-state index contributed by atoms with van der Waals surface area (Å²) in [5.74, 6) is -0.489. The van der Waals surface area contributed by atoms with Crippen molar-refractivity contribution in [2.45, 2.75) is 19.0 Å². The summed E-state index contributed by atoms with van der Waals surface area (Å²) >= 11 is 0. The number of rotatable bonds is 7. The van der Waals surface area contributed by atoms with E-state index in [-0.39, 0.29) is 13.0 Å². The molecule has 116 valence electrons. The molecule has 3 N–H and O–H groups in total. The molecule has 1 rings (SSSR count). The molecule has 0 fully saturated rings. The van der Waals surface area contributed by atoms with Crippen molar-refractivity contribution in [2.24, 2.45) is 0 Å². The van der Waals surface area contributed by atoms with Crippen LogP contribution in [0, 0.1) is 0 Å². The predicted octanol–water partition coefficient (Wildman–Crippen LogP) is 0.672. The third-order valence-corrected chi connectivity index (χ3v) is 2.91. The van der Waals surface area contributed by atoms with Gasteiger partial charge in [-0.3, -0.25) is 0 Å². The molecule has 0 heterocycles. The summed E-state index contributed by atoms with van der Waals surface area (Å²) in [6.45, 7) is 0.00530. The van der Waals surface area contributed by atoms with Gasteiger partial charge in [0, 0.05) is 26.6 Å². The van der Waals surface area contributed by atoms with Gasteiger partial charge in [0.05, 0.1) is 7.11 Å². The topological polar surface area (TPSA) is 99.1 Å². The molecule has 1 aromatic carbocycles. The van der Waals surface area contributed by atoms with Crippen LogP contribution in [0.2, 0.25) is 0 Å². The first-order valence-electron chi connectivity index (χ1n) is 6.46. The lowest BCUT2D eigenvalue weighted by Gasteiger charge is -2.21. The number of nitrogens with zero attached hydrogens (tertiary/aromatic N) is 1. The molecule has 21 heavy (non-hydrogen) atoms. The fraction of sp³-hybridized carbons (Fsp3) is 0.429. The standard InChI is InChI=1S/C14H20N2O5/c1-16(9-10-4-3-5-11(8-10)21-2)14(20)15-12(6-7-17)13(18)19/h3-5,8,12,17H,6-7,9H2,1-2H3,(H,15,20)(H,18,19)/t12-/m1/s1. The van der Waals surface area contributed by atoms with Gasteiger partial charge in [-0.25, -0.2) is 9.59 Å². The van der Waals surface area contributed by atoms with Crippen LogP contribution in [0.15, 0.2) is 24.3 Å². The number of aliphatic carboxylic acids is 1. The number of nitrogens with one attached hydrogen (secondary N) is 1. The Morgan fingerprint density at radius 3 is 2.71 bits per heavy atom. The number of methoxy groups -OCH3 is 1. The number of benzene rings is 1. The highest BCUT2D eigenvalue weighted by Crippen LogP contribution is 2.13. The number of hydrogen-bond acceptors (Lipinski definition) is 4. The number of aliphatic hydroxyl groups excluding tert-OH is 1. The van der Waals surface area contributed by atoms with Crippen LogP contribution in [0.1, 0.15) is 12.0 Å². The first-order valence-corrected chi connectivity index (χ1v) is 6.46. The Hall–Kier alpha value is -2.28. The first-order chi connectivity index (χ1) is 9.97. The molecule has 0 saturated carbocycles. The number of ether oxygens (including phenoxy) is 1. The molecule has 0 saturated heterocycles. The van der Waals surface area contributed by atoms with Gasteiger partial charge in [-0.2, -0.15) is 0 Å². The quantitative estimate of drug-likeness (QED) is 0.687. The number of aliphatic hydroxyl groups is 1. The van der Waals surface area contributed by atoms with Gasteiger partial charge >= 0.3 is 12.0 Å². The van der Waals surface area contributed by atoms with Crippen molar-refractivity contribution < 1.29 is 24.5 Å². The maximum atomic E-state index is 11.9. The Kier molecular flexibility index (Phi) is 6.48. The van der Waals surface area contributed by atoms with E-state index < -0.39 is 18.0 Å². The molecule has 0 spiro atoms. The number of carbonyl (C=O) groups excluding carboxylic acids is 1. The number of carboxylic acids is 1. The normalized spacial score (nSPS) is 11.6. The molecule has 1 aromatic rings. The molecule has 2 amide bonds. The Bertz CT molecular complexity index is 492. The number of hydrogen-bond donors (Lipinski definition) is 3. The van der Waals surface area contributed by atoms with E-state index in [4.69, 9.17) is 14.9 Å². The number of carboxylic acid groups (broad SMARTS) is 1. The highest BCUT2D eigenvalue weighted by atomic mass is 16.5. The predicted molar refractivity (Wildman–Crippen MR) is 76.1 cm³/mol. The van der Waals surface area contributed by atoms with E-state index in [0.29, 0.717) is 12.3 Å². The van der Waals surface area contributed by atoms with Crippen molar-refractivity contribution >= 4 is 12.0 Å². The minimum atomic E-state index is -1.17. The van der Waals surface area contributed by atoms with Gasteiger partial charge in [0.2, 0.25) is 0 Å². The average molecular weight is 296 g/mol. The monoisotopic (exact) mass is 296 g/mol. The lowest BCUT2D eigenvalue weighted by Crippen LogP contribution is -2.46. The van der Waals surface area contributed by atoms with E-state index in [1.54, 1.807) is 26.3 Å². The molecule has 7 heteroatoms. The maximum Gasteiger partial charge on any atom is 0.326 e. The molecule has 7 nitrogen and oxygen atoms in total. The summed E-state index contributed by atoms with van der Waals surface area (Å²) in [6, 6.07) is 5.63. The third kappa shape index (κ3) is 5.31.